The van der Waals surface area contributed by atoms with Gasteiger partial charge in [0, 0.05) is 16.9 Å². The van der Waals surface area contributed by atoms with E-state index in [1.165, 1.54) is 36.1 Å². The van der Waals surface area contributed by atoms with Crippen LogP contribution in [0.2, 0.25) is 0 Å². The third kappa shape index (κ3) is 4.31. The highest BCUT2D eigenvalue weighted by molar-refractivity contribution is 7.13. The number of rotatable bonds is 8. The molecule has 1 heterocycles. The second kappa shape index (κ2) is 8.01. The molecule has 1 aromatic carbocycles. The Morgan fingerprint density at radius 2 is 1.75 bits per heavy atom. The van der Waals surface area contributed by atoms with Gasteiger partial charge < -0.3 is 0 Å². The van der Waals surface area contributed by atoms with Gasteiger partial charge in [-0.1, -0.05) is 62.9 Å². The lowest BCUT2D eigenvalue weighted by Crippen LogP contribution is -1.98. The molecular formula is C18H22OS. The van der Waals surface area contributed by atoms with Crippen molar-refractivity contribution in [3.05, 3.63) is 47.3 Å². The van der Waals surface area contributed by atoms with Gasteiger partial charge in [-0.15, -0.1) is 11.3 Å². The molecule has 0 saturated carbocycles. The molecule has 0 unspecified atom stereocenters. The van der Waals surface area contributed by atoms with Crippen LogP contribution in [0, 0.1) is 0 Å². The minimum Gasteiger partial charge on any atom is -0.294 e. The molecule has 0 atom stereocenters. The van der Waals surface area contributed by atoms with Crippen molar-refractivity contribution in [3.63, 3.8) is 0 Å². The van der Waals surface area contributed by atoms with E-state index < -0.39 is 0 Å². The van der Waals surface area contributed by atoms with E-state index in [0.29, 0.717) is 6.42 Å². The Bertz CT molecular complexity index is 511. The van der Waals surface area contributed by atoms with Gasteiger partial charge in [-0.05, 0) is 23.4 Å². The molecular weight excluding hydrogens is 264 g/mol. The summed E-state index contributed by atoms with van der Waals surface area (Å²) in [6.07, 6.45) is 6.66. The van der Waals surface area contributed by atoms with Crippen molar-refractivity contribution in [2.24, 2.45) is 0 Å². The average molecular weight is 286 g/mol. The number of benzene rings is 1. The zero-order valence-corrected chi connectivity index (χ0v) is 12.9. The van der Waals surface area contributed by atoms with Gasteiger partial charge in [0.25, 0.3) is 0 Å². The highest BCUT2D eigenvalue weighted by Gasteiger charge is 2.06. The number of carbonyl (C=O) groups is 1. The van der Waals surface area contributed by atoms with E-state index in [2.05, 4.69) is 36.6 Å². The van der Waals surface area contributed by atoms with Gasteiger partial charge in [-0.25, -0.2) is 0 Å². The van der Waals surface area contributed by atoms with E-state index in [9.17, 15) is 4.79 Å². The molecule has 20 heavy (non-hydrogen) atoms. The highest BCUT2D eigenvalue weighted by Crippen LogP contribution is 2.25. The van der Waals surface area contributed by atoms with Crippen LogP contribution in [0.15, 0.2) is 41.8 Å². The van der Waals surface area contributed by atoms with Crippen molar-refractivity contribution in [1.82, 2.24) is 0 Å². The minimum atomic E-state index is 0.277. The predicted molar refractivity (Wildman–Crippen MR) is 87.5 cm³/mol. The number of ketones is 1. The highest BCUT2D eigenvalue weighted by atomic mass is 32.1. The summed E-state index contributed by atoms with van der Waals surface area (Å²) in [5.74, 6) is 0.277. The minimum absolute atomic E-state index is 0.277. The molecule has 0 spiro atoms. The first-order valence-corrected chi connectivity index (χ1v) is 8.36. The van der Waals surface area contributed by atoms with Crippen LogP contribution in [-0.4, -0.2) is 5.78 Å². The summed E-state index contributed by atoms with van der Waals surface area (Å²) in [5, 5.41) is 2.07. The summed E-state index contributed by atoms with van der Waals surface area (Å²) in [4.78, 5) is 13.3. The van der Waals surface area contributed by atoms with Crippen LogP contribution < -0.4 is 0 Å². The third-order valence-electron chi connectivity index (χ3n) is 3.52. The molecule has 106 valence electrons. The van der Waals surface area contributed by atoms with Crippen LogP contribution in [0.5, 0.6) is 0 Å². The van der Waals surface area contributed by atoms with Crippen molar-refractivity contribution >= 4 is 17.1 Å². The largest absolute Gasteiger partial charge is 0.294 e. The molecule has 0 N–H and O–H groups in total. The monoisotopic (exact) mass is 286 g/mol. The third-order valence-corrected chi connectivity index (χ3v) is 4.44. The summed E-state index contributed by atoms with van der Waals surface area (Å²) in [7, 11) is 0. The van der Waals surface area contributed by atoms with Crippen LogP contribution in [0.4, 0.5) is 0 Å². The van der Waals surface area contributed by atoms with Crippen molar-refractivity contribution in [2.45, 2.75) is 45.4 Å². The fourth-order valence-electron chi connectivity index (χ4n) is 2.30. The number of thiophene rings is 1. The lowest BCUT2D eigenvalue weighted by atomic mass is 10.0. The maximum Gasteiger partial charge on any atom is 0.162 e. The summed E-state index contributed by atoms with van der Waals surface area (Å²) < 4.78 is 0. The number of unbranched alkanes of at least 4 members (excludes halogenated alkanes) is 4. The van der Waals surface area contributed by atoms with Gasteiger partial charge in [-0.2, -0.15) is 0 Å². The molecule has 2 rings (SSSR count). The van der Waals surface area contributed by atoms with Gasteiger partial charge in [0.05, 0.1) is 0 Å². The molecule has 0 aliphatic carbocycles. The number of Topliss-reactive ketones (excluding diaryl/α,β-unsaturated/α-hetero) is 1. The Labute approximate surface area is 125 Å². The van der Waals surface area contributed by atoms with Crippen LogP contribution in [0.3, 0.4) is 0 Å². The molecule has 0 aliphatic heterocycles. The first-order chi connectivity index (χ1) is 9.81. The molecule has 0 aliphatic rings. The summed E-state index contributed by atoms with van der Waals surface area (Å²) >= 11 is 1.73. The van der Waals surface area contributed by atoms with Crippen molar-refractivity contribution in [1.29, 1.82) is 0 Å². The fraction of sp³-hybridized carbons (Fsp3) is 0.389. The number of carbonyl (C=O) groups excluding carboxylic acids is 1. The molecule has 0 saturated heterocycles. The fourth-order valence-corrected chi connectivity index (χ4v) is 3.03. The predicted octanol–water partition coefficient (Wildman–Crippen LogP) is 5.96. The van der Waals surface area contributed by atoms with Crippen LogP contribution in [0.25, 0.3) is 10.4 Å². The summed E-state index contributed by atoms with van der Waals surface area (Å²) in [5.41, 5.74) is 2.04. The Morgan fingerprint density at radius 3 is 2.40 bits per heavy atom. The molecule has 1 aromatic heterocycles. The first-order valence-electron chi connectivity index (χ1n) is 7.48. The second-order valence-electron chi connectivity index (χ2n) is 5.14. The number of hydrogen-bond donors (Lipinski definition) is 0. The molecule has 0 radical (unpaired) electrons. The molecule has 2 heteroatoms. The van der Waals surface area contributed by atoms with Gasteiger partial charge >= 0.3 is 0 Å². The van der Waals surface area contributed by atoms with E-state index in [1.807, 2.05) is 12.1 Å². The SMILES string of the molecule is CCCCCCCC(=O)c1ccc(-c2cccs2)cc1. The Morgan fingerprint density at radius 1 is 1.00 bits per heavy atom. The van der Waals surface area contributed by atoms with Crippen LogP contribution >= 0.6 is 11.3 Å². The van der Waals surface area contributed by atoms with Gasteiger partial charge in [0.2, 0.25) is 0 Å². The normalized spacial score (nSPS) is 10.7. The lowest BCUT2D eigenvalue weighted by molar-refractivity contribution is 0.0979. The van der Waals surface area contributed by atoms with E-state index in [1.54, 1.807) is 11.3 Å². The molecule has 2 aromatic rings. The first kappa shape index (κ1) is 15.0. The standard InChI is InChI=1S/C18H22OS/c1-2-3-4-5-6-8-17(19)15-10-12-16(13-11-15)18-9-7-14-20-18/h7,9-14H,2-6,8H2,1H3. The maximum absolute atomic E-state index is 12.1. The van der Waals surface area contributed by atoms with Crippen molar-refractivity contribution < 1.29 is 4.79 Å². The maximum atomic E-state index is 12.1. The smallest absolute Gasteiger partial charge is 0.162 e. The quantitative estimate of drug-likeness (QED) is 0.432. The topological polar surface area (TPSA) is 17.1 Å². The summed E-state index contributed by atoms with van der Waals surface area (Å²) in [6.45, 7) is 2.21. The Kier molecular flexibility index (Phi) is 6.00. The van der Waals surface area contributed by atoms with Gasteiger partial charge in [0.1, 0.15) is 0 Å². The zero-order chi connectivity index (χ0) is 14.2. The van der Waals surface area contributed by atoms with E-state index >= 15 is 0 Å². The van der Waals surface area contributed by atoms with E-state index in [0.717, 1.165) is 12.0 Å². The molecule has 1 nitrogen and oxygen atoms in total. The molecule has 0 bridgehead atoms. The second-order valence-corrected chi connectivity index (χ2v) is 6.09. The van der Waals surface area contributed by atoms with Gasteiger partial charge in [-0.3, -0.25) is 4.79 Å². The van der Waals surface area contributed by atoms with E-state index in [-0.39, 0.29) is 5.78 Å². The van der Waals surface area contributed by atoms with Crippen molar-refractivity contribution in [3.8, 4) is 10.4 Å². The average Bonchev–Trinajstić information content (AvgIpc) is 3.01. The Balaban J connectivity index is 1.85. The molecule has 0 amide bonds. The zero-order valence-electron chi connectivity index (χ0n) is 12.1. The number of hydrogen-bond acceptors (Lipinski definition) is 2. The summed E-state index contributed by atoms with van der Waals surface area (Å²) in [6, 6.07) is 12.2. The van der Waals surface area contributed by atoms with Crippen molar-refractivity contribution in [2.75, 3.05) is 0 Å². The van der Waals surface area contributed by atoms with Crippen LogP contribution in [0.1, 0.15) is 55.8 Å². The van der Waals surface area contributed by atoms with Gasteiger partial charge in [0.15, 0.2) is 5.78 Å². The molecule has 0 fully saturated rings. The van der Waals surface area contributed by atoms with Crippen LogP contribution in [-0.2, 0) is 0 Å². The van der Waals surface area contributed by atoms with E-state index in [4.69, 9.17) is 0 Å². The lowest BCUT2D eigenvalue weighted by Gasteiger charge is -2.03. The Hall–Kier alpha value is -1.41.